The summed E-state index contributed by atoms with van der Waals surface area (Å²) in [5, 5.41) is 24.1. The summed E-state index contributed by atoms with van der Waals surface area (Å²) in [4.78, 5) is 21.2. The summed E-state index contributed by atoms with van der Waals surface area (Å²) in [5.74, 6) is -0.959. The first kappa shape index (κ1) is 16.1. The highest BCUT2D eigenvalue weighted by molar-refractivity contribution is 5.88. The van der Waals surface area contributed by atoms with E-state index in [0.29, 0.717) is 25.2 Å². The average Bonchev–Trinajstić information content (AvgIpc) is 2.38. The van der Waals surface area contributed by atoms with Crippen LogP contribution >= 0.6 is 0 Å². The van der Waals surface area contributed by atoms with Gasteiger partial charge in [-0.05, 0) is 30.7 Å². The van der Waals surface area contributed by atoms with Gasteiger partial charge in [0.05, 0.1) is 6.10 Å². The molecular formula is C14H20N2O4. The molecular weight excluding hydrogens is 260 g/mol. The van der Waals surface area contributed by atoms with Crippen LogP contribution in [0, 0.1) is 0 Å². The average molecular weight is 280 g/mol. The van der Waals surface area contributed by atoms with E-state index in [1.165, 1.54) is 6.92 Å². The van der Waals surface area contributed by atoms with Crippen LogP contribution in [0.25, 0.3) is 0 Å². The van der Waals surface area contributed by atoms with Crippen LogP contribution in [0.3, 0.4) is 0 Å². The molecule has 4 N–H and O–H groups in total. The van der Waals surface area contributed by atoms with Gasteiger partial charge in [-0.2, -0.15) is 0 Å². The Labute approximate surface area is 117 Å². The number of carboxylic acids is 1. The molecule has 110 valence electrons. The maximum atomic E-state index is 10.9. The summed E-state index contributed by atoms with van der Waals surface area (Å²) in [6.45, 7) is 2.34. The minimum Gasteiger partial charge on any atom is -0.481 e. The summed E-state index contributed by atoms with van der Waals surface area (Å²) in [6.07, 6.45) is -0.0101. The van der Waals surface area contributed by atoms with E-state index in [1.54, 1.807) is 24.3 Å². The predicted molar refractivity (Wildman–Crippen MR) is 75.4 cm³/mol. The number of carbonyl (C=O) groups is 2. The number of aliphatic hydroxyl groups is 1. The van der Waals surface area contributed by atoms with Crippen LogP contribution in [0.4, 0.5) is 5.69 Å². The molecule has 1 amide bonds. The van der Waals surface area contributed by atoms with Crippen molar-refractivity contribution in [3.63, 3.8) is 0 Å². The molecule has 0 aliphatic heterocycles. The monoisotopic (exact) mass is 280 g/mol. The summed E-state index contributed by atoms with van der Waals surface area (Å²) < 4.78 is 0. The molecule has 0 radical (unpaired) electrons. The molecule has 1 aromatic rings. The molecule has 1 rings (SSSR count). The van der Waals surface area contributed by atoms with Gasteiger partial charge in [0.25, 0.3) is 0 Å². The van der Waals surface area contributed by atoms with Crippen molar-refractivity contribution in [2.45, 2.75) is 25.9 Å². The highest BCUT2D eigenvalue weighted by atomic mass is 16.4. The Hall–Kier alpha value is -1.92. The van der Waals surface area contributed by atoms with E-state index >= 15 is 0 Å². The van der Waals surface area contributed by atoms with Crippen molar-refractivity contribution in [2.24, 2.45) is 0 Å². The van der Waals surface area contributed by atoms with Gasteiger partial charge in [0.2, 0.25) is 5.91 Å². The number of aliphatic hydroxyl groups excluding tert-OH is 1. The molecule has 6 heteroatoms. The fourth-order valence-electron chi connectivity index (χ4n) is 1.71. The fraction of sp³-hybridized carbons (Fsp3) is 0.429. The van der Waals surface area contributed by atoms with Gasteiger partial charge in [-0.3, -0.25) is 9.59 Å². The third-order valence-corrected chi connectivity index (χ3v) is 2.70. The minimum absolute atomic E-state index is 0.120. The number of amides is 1. The minimum atomic E-state index is -0.819. The first-order valence-corrected chi connectivity index (χ1v) is 6.47. The van der Waals surface area contributed by atoms with E-state index in [4.69, 9.17) is 5.11 Å². The van der Waals surface area contributed by atoms with Crippen molar-refractivity contribution in [2.75, 3.05) is 18.4 Å². The quantitative estimate of drug-likeness (QED) is 0.535. The number of nitrogens with one attached hydrogen (secondary N) is 2. The van der Waals surface area contributed by atoms with Gasteiger partial charge in [0.1, 0.15) is 0 Å². The Morgan fingerprint density at radius 2 is 1.90 bits per heavy atom. The van der Waals surface area contributed by atoms with Crippen LogP contribution in [0.15, 0.2) is 24.3 Å². The molecule has 0 aliphatic carbocycles. The SMILES string of the molecule is CC(=O)Nc1ccc(C(O)CNCCCC(=O)O)cc1. The lowest BCUT2D eigenvalue weighted by atomic mass is 10.1. The maximum Gasteiger partial charge on any atom is 0.303 e. The van der Waals surface area contributed by atoms with Crippen molar-refractivity contribution >= 4 is 17.6 Å². The van der Waals surface area contributed by atoms with Crippen molar-refractivity contribution in [3.8, 4) is 0 Å². The zero-order valence-electron chi connectivity index (χ0n) is 11.4. The first-order chi connectivity index (χ1) is 9.49. The standard InChI is InChI=1S/C14H20N2O4/c1-10(17)16-12-6-4-11(5-7-12)13(18)9-15-8-2-3-14(19)20/h4-7,13,15,18H,2-3,8-9H2,1H3,(H,16,17)(H,19,20). The van der Waals surface area contributed by atoms with E-state index in [0.717, 1.165) is 5.56 Å². The Morgan fingerprint density at radius 1 is 1.25 bits per heavy atom. The Kier molecular flexibility index (Phi) is 6.69. The van der Waals surface area contributed by atoms with Crippen LogP contribution in [-0.2, 0) is 9.59 Å². The Balaban J connectivity index is 2.34. The van der Waals surface area contributed by atoms with Gasteiger partial charge in [-0.1, -0.05) is 12.1 Å². The second kappa shape index (κ2) is 8.29. The number of rotatable bonds is 8. The lowest BCUT2D eigenvalue weighted by molar-refractivity contribution is -0.137. The van der Waals surface area contributed by atoms with Gasteiger partial charge < -0.3 is 20.8 Å². The molecule has 0 aromatic heterocycles. The number of aliphatic carboxylic acids is 1. The maximum absolute atomic E-state index is 10.9. The van der Waals surface area contributed by atoms with Gasteiger partial charge in [-0.15, -0.1) is 0 Å². The van der Waals surface area contributed by atoms with E-state index in [1.807, 2.05) is 0 Å². The molecule has 20 heavy (non-hydrogen) atoms. The van der Waals surface area contributed by atoms with Gasteiger partial charge >= 0.3 is 5.97 Å². The van der Waals surface area contributed by atoms with Crippen LogP contribution in [-0.4, -0.2) is 35.2 Å². The van der Waals surface area contributed by atoms with Crippen molar-refractivity contribution in [1.82, 2.24) is 5.32 Å². The molecule has 1 atom stereocenters. The topological polar surface area (TPSA) is 98.7 Å². The van der Waals surface area contributed by atoms with Crippen molar-refractivity contribution < 1.29 is 19.8 Å². The summed E-state index contributed by atoms with van der Waals surface area (Å²) in [5.41, 5.74) is 1.42. The molecule has 1 aromatic carbocycles. The van der Waals surface area contributed by atoms with Crippen LogP contribution in [0.5, 0.6) is 0 Å². The Morgan fingerprint density at radius 3 is 2.45 bits per heavy atom. The molecule has 1 unspecified atom stereocenters. The van der Waals surface area contributed by atoms with Crippen molar-refractivity contribution in [1.29, 1.82) is 0 Å². The third kappa shape index (κ3) is 6.31. The van der Waals surface area contributed by atoms with Crippen molar-refractivity contribution in [3.05, 3.63) is 29.8 Å². The number of benzene rings is 1. The number of carboxylic acid groups (broad SMARTS) is 1. The van der Waals surface area contributed by atoms with E-state index in [9.17, 15) is 14.7 Å². The van der Waals surface area contributed by atoms with Crippen LogP contribution in [0.2, 0.25) is 0 Å². The third-order valence-electron chi connectivity index (χ3n) is 2.70. The molecule has 0 aliphatic rings. The zero-order valence-corrected chi connectivity index (χ0v) is 11.4. The largest absolute Gasteiger partial charge is 0.481 e. The summed E-state index contributed by atoms with van der Waals surface area (Å²) in [6, 6.07) is 6.94. The van der Waals surface area contributed by atoms with E-state index in [-0.39, 0.29) is 12.3 Å². The number of hydrogen-bond acceptors (Lipinski definition) is 4. The highest BCUT2D eigenvalue weighted by Gasteiger charge is 2.07. The summed E-state index contributed by atoms with van der Waals surface area (Å²) in [7, 11) is 0. The van der Waals surface area contributed by atoms with E-state index in [2.05, 4.69) is 10.6 Å². The normalized spacial score (nSPS) is 11.9. The molecule has 0 bridgehead atoms. The molecule has 0 fully saturated rings. The lowest BCUT2D eigenvalue weighted by Gasteiger charge is -2.12. The second-order valence-electron chi connectivity index (χ2n) is 4.52. The summed E-state index contributed by atoms with van der Waals surface area (Å²) >= 11 is 0. The molecule has 0 saturated carbocycles. The molecule has 0 heterocycles. The predicted octanol–water partition coefficient (Wildman–Crippen LogP) is 1.13. The zero-order chi connectivity index (χ0) is 15.0. The fourth-order valence-corrected chi connectivity index (χ4v) is 1.71. The second-order valence-corrected chi connectivity index (χ2v) is 4.52. The highest BCUT2D eigenvalue weighted by Crippen LogP contribution is 2.15. The smallest absolute Gasteiger partial charge is 0.303 e. The molecule has 0 saturated heterocycles. The van der Waals surface area contributed by atoms with E-state index < -0.39 is 12.1 Å². The Bertz CT molecular complexity index is 445. The van der Waals surface area contributed by atoms with Crippen LogP contribution in [0.1, 0.15) is 31.4 Å². The molecule has 0 spiro atoms. The van der Waals surface area contributed by atoms with Gasteiger partial charge in [-0.25, -0.2) is 0 Å². The van der Waals surface area contributed by atoms with Crippen LogP contribution < -0.4 is 10.6 Å². The lowest BCUT2D eigenvalue weighted by Crippen LogP contribution is -2.23. The van der Waals surface area contributed by atoms with Gasteiger partial charge in [0.15, 0.2) is 0 Å². The number of hydrogen-bond donors (Lipinski definition) is 4. The van der Waals surface area contributed by atoms with Gasteiger partial charge in [0, 0.05) is 25.6 Å². The first-order valence-electron chi connectivity index (χ1n) is 6.47. The molecule has 6 nitrogen and oxygen atoms in total. The number of carbonyl (C=O) groups excluding carboxylic acids is 1. The number of anilines is 1.